The second kappa shape index (κ2) is 6.05. The molecule has 0 bridgehead atoms. The Hall–Kier alpha value is -1.04. The van der Waals surface area contributed by atoms with Gasteiger partial charge in [-0.15, -0.1) is 0 Å². The molecule has 1 aromatic heterocycles. The molecule has 0 aliphatic heterocycles. The number of aromatic nitrogens is 2. The molecule has 0 aliphatic rings. The SMILES string of the molecule is CC(C)Cn1ccnc1NCCCS(C)(=O)=O. The Balaban J connectivity index is 2.39. The summed E-state index contributed by atoms with van der Waals surface area (Å²) in [5.74, 6) is 1.58. The minimum absolute atomic E-state index is 0.213. The highest BCUT2D eigenvalue weighted by Gasteiger charge is 2.05. The Labute approximate surface area is 103 Å². The van der Waals surface area contributed by atoms with Gasteiger partial charge < -0.3 is 9.88 Å². The average Bonchev–Trinajstić information content (AvgIpc) is 2.58. The van der Waals surface area contributed by atoms with Crippen molar-refractivity contribution in [3.8, 4) is 0 Å². The molecule has 0 radical (unpaired) electrons. The van der Waals surface area contributed by atoms with Gasteiger partial charge in [0, 0.05) is 31.7 Å². The largest absolute Gasteiger partial charge is 0.356 e. The van der Waals surface area contributed by atoms with Crippen LogP contribution in [0, 0.1) is 5.92 Å². The summed E-state index contributed by atoms with van der Waals surface area (Å²) in [6, 6.07) is 0. The lowest BCUT2D eigenvalue weighted by Gasteiger charge is -2.11. The van der Waals surface area contributed by atoms with Crippen LogP contribution < -0.4 is 5.32 Å². The summed E-state index contributed by atoms with van der Waals surface area (Å²) < 4.78 is 24.0. The van der Waals surface area contributed by atoms with E-state index in [9.17, 15) is 8.42 Å². The van der Waals surface area contributed by atoms with Crippen molar-refractivity contribution in [2.24, 2.45) is 5.92 Å². The smallest absolute Gasteiger partial charge is 0.202 e. The molecule has 0 saturated heterocycles. The molecule has 0 unspecified atom stereocenters. The van der Waals surface area contributed by atoms with Crippen LogP contribution >= 0.6 is 0 Å². The number of imidazole rings is 1. The van der Waals surface area contributed by atoms with Gasteiger partial charge in [0.25, 0.3) is 0 Å². The molecule has 0 spiro atoms. The zero-order valence-corrected chi connectivity index (χ0v) is 11.5. The molecule has 1 rings (SSSR count). The summed E-state index contributed by atoms with van der Waals surface area (Å²) in [5.41, 5.74) is 0. The highest BCUT2D eigenvalue weighted by Crippen LogP contribution is 2.08. The number of anilines is 1. The van der Waals surface area contributed by atoms with Gasteiger partial charge in [0.15, 0.2) is 0 Å². The summed E-state index contributed by atoms with van der Waals surface area (Å²) in [6.07, 6.45) is 5.54. The van der Waals surface area contributed by atoms with Gasteiger partial charge in [-0.2, -0.15) is 0 Å². The van der Waals surface area contributed by atoms with Gasteiger partial charge >= 0.3 is 0 Å². The number of rotatable bonds is 7. The minimum atomic E-state index is -2.86. The zero-order chi connectivity index (χ0) is 12.9. The second-order valence-corrected chi connectivity index (χ2v) is 6.97. The quantitative estimate of drug-likeness (QED) is 0.751. The van der Waals surface area contributed by atoms with E-state index in [1.165, 1.54) is 6.26 Å². The Morgan fingerprint density at radius 2 is 2.18 bits per heavy atom. The van der Waals surface area contributed by atoms with Crippen LogP contribution in [0.4, 0.5) is 5.95 Å². The molecule has 0 aliphatic carbocycles. The first-order chi connectivity index (χ1) is 7.88. The predicted molar refractivity (Wildman–Crippen MR) is 69.9 cm³/mol. The summed E-state index contributed by atoms with van der Waals surface area (Å²) in [7, 11) is -2.86. The Bertz CT molecular complexity index is 437. The Kier molecular flexibility index (Phi) is 4.99. The van der Waals surface area contributed by atoms with E-state index in [4.69, 9.17) is 0 Å². The molecule has 0 atom stereocenters. The highest BCUT2D eigenvalue weighted by atomic mass is 32.2. The van der Waals surface area contributed by atoms with Crippen LogP contribution in [0.25, 0.3) is 0 Å². The minimum Gasteiger partial charge on any atom is -0.356 e. The molecule has 0 saturated carbocycles. The van der Waals surface area contributed by atoms with Gasteiger partial charge in [-0.3, -0.25) is 0 Å². The zero-order valence-electron chi connectivity index (χ0n) is 10.7. The summed E-state index contributed by atoms with van der Waals surface area (Å²) in [5, 5.41) is 3.16. The van der Waals surface area contributed by atoms with Crippen LogP contribution in [0.1, 0.15) is 20.3 Å². The van der Waals surface area contributed by atoms with Crippen LogP contribution in [0.2, 0.25) is 0 Å². The van der Waals surface area contributed by atoms with Crippen LogP contribution in [0.5, 0.6) is 0 Å². The van der Waals surface area contributed by atoms with E-state index in [1.807, 2.05) is 10.8 Å². The number of sulfone groups is 1. The Morgan fingerprint density at radius 3 is 2.76 bits per heavy atom. The van der Waals surface area contributed by atoms with E-state index in [2.05, 4.69) is 24.1 Å². The lowest BCUT2D eigenvalue weighted by molar-refractivity contribution is 0.526. The fourth-order valence-electron chi connectivity index (χ4n) is 1.55. The molecular formula is C11H21N3O2S. The van der Waals surface area contributed by atoms with Gasteiger partial charge in [0.2, 0.25) is 5.95 Å². The van der Waals surface area contributed by atoms with Gasteiger partial charge in [-0.1, -0.05) is 13.8 Å². The molecule has 0 fully saturated rings. The van der Waals surface area contributed by atoms with Crippen molar-refractivity contribution in [3.05, 3.63) is 12.4 Å². The third kappa shape index (κ3) is 5.72. The first-order valence-electron chi connectivity index (χ1n) is 5.81. The maximum atomic E-state index is 11.0. The maximum absolute atomic E-state index is 11.0. The van der Waals surface area contributed by atoms with Crippen molar-refractivity contribution in [2.75, 3.05) is 23.9 Å². The van der Waals surface area contributed by atoms with Gasteiger partial charge in [0.1, 0.15) is 9.84 Å². The molecule has 0 amide bonds. The van der Waals surface area contributed by atoms with E-state index in [-0.39, 0.29) is 5.75 Å². The van der Waals surface area contributed by atoms with Crippen molar-refractivity contribution in [2.45, 2.75) is 26.8 Å². The molecule has 1 aromatic rings. The molecule has 5 nitrogen and oxygen atoms in total. The summed E-state index contributed by atoms with van der Waals surface area (Å²) in [4.78, 5) is 4.21. The normalized spacial score (nSPS) is 12.0. The molecular weight excluding hydrogens is 238 g/mol. The van der Waals surface area contributed by atoms with Gasteiger partial charge in [0.05, 0.1) is 5.75 Å². The third-order valence-corrected chi connectivity index (χ3v) is 3.28. The molecule has 1 heterocycles. The van der Waals surface area contributed by atoms with Crippen molar-refractivity contribution < 1.29 is 8.42 Å². The number of nitrogens with zero attached hydrogens (tertiary/aromatic N) is 2. The van der Waals surface area contributed by atoms with E-state index in [0.717, 1.165) is 12.5 Å². The predicted octanol–water partition coefficient (Wildman–Crippen LogP) is 1.39. The van der Waals surface area contributed by atoms with E-state index >= 15 is 0 Å². The number of hydrogen-bond donors (Lipinski definition) is 1. The third-order valence-electron chi connectivity index (χ3n) is 2.25. The van der Waals surface area contributed by atoms with Gasteiger partial charge in [-0.05, 0) is 12.3 Å². The average molecular weight is 259 g/mol. The van der Waals surface area contributed by atoms with Crippen LogP contribution in [0.15, 0.2) is 12.4 Å². The van der Waals surface area contributed by atoms with Gasteiger partial charge in [-0.25, -0.2) is 13.4 Å². The fraction of sp³-hybridized carbons (Fsp3) is 0.727. The van der Waals surface area contributed by atoms with Crippen LogP contribution in [-0.2, 0) is 16.4 Å². The molecule has 0 aromatic carbocycles. The topological polar surface area (TPSA) is 64.0 Å². The molecule has 17 heavy (non-hydrogen) atoms. The molecule has 6 heteroatoms. The van der Waals surface area contributed by atoms with Crippen molar-refractivity contribution in [1.82, 2.24) is 9.55 Å². The molecule has 98 valence electrons. The number of nitrogens with one attached hydrogen (secondary N) is 1. The first kappa shape index (κ1) is 14.0. The van der Waals surface area contributed by atoms with E-state index in [1.54, 1.807) is 6.20 Å². The standard InChI is InChI=1S/C11H21N3O2S/c1-10(2)9-14-7-6-13-11(14)12-5-4-8-17(3,15)16/h6-7,10H,4-5,8-9H2,1-3H3,(H,12,13). The van der Waals surface area contributed by atoms with Crippen LogP contribution in [0.3, 0.4) is 0 Å². The van der Waals surface area contributed by atoms with Crippen LogP contribution in [-0.4, -0.2) is 36.5 Å². The summed E-state index contributed by atoms with van der Waals surface area (Å²) in [6.45, 7) is 5.83. The first-order valence-corrected chi connectivity index (χ1v) is 7.87. The maximum Gasteiger partial charge on any atom is 0.202 e. The Morgan fingerprint density at radius 1 is 1.47 bits per heavy atom. The fourth-order valence-corrected chi connectivity index (χ4v) is 2.22. The second-order valence-electron chi connectivity index (χ2n) is 4.71. The van der Waals surface area contributed by atoms with E-state index < -0.39 is 9.84 Å². The summed E-state index contributed by atoms with van der Waals surface area (Å²) >= 11 is 0. The van der Waals surface area contributed by atoms with E-state index in [0.29, 0.717) is 18.9 Å². The van der Waals surface area contributed by atoms with Crippen molar-refractivity contribution >= 4 is 15.8 Å². The van der Waals surface area contributed by atoms with Crippen molar-refractivity contribution in [1.29, 1.82) is 0 Å². The monoisotopic (exact) mass is 259 g/mol. The number of hydrogen-bond acceptors (Lipinski definition) is 4. The lowest BCUT2D eigenvalue weighted by Crippen LogP contribution is -2.14. The lowest BCUT2D eigenvalue weighted by atomic mass is 10.2. The van der Waals surface area contributed by atoms with Crippen molar-refractivity contribution in [3.63, 3.8) is 0 Å². The molecule has 1 N–H and O–H groups in total. The highest BCUT2D eigenvalue weighted by molar-refractivity contribution is 7.90.